The number of alkyl halides is 1. The second-order valence-electron chi connectivity index (χ2n) is 2.80. The molecule has 0 aromatic carbocycles. The highest BCUT2D eigenvalue weighted by Gasteiger charge is 2.19. The molecule has 1 rings (SSSR count). The first-order chi connectivity index (χ1) is 4.33. The minimum Gasteiger partial charge on any atom is -0.396 e. The van der Waals surface area contributed by atoms with Crippen molar-refractivity contribution in [1.29, 1.82) is 0 Å². The standard InChI is InChI=1S/C7H13FO/c8-7-3-1-6(5-9)2-4-7/h6-7,9H,1-5H2/t6-,7-. The molecular formula is C7H13FO. The molecule has 0 radical (unpaired) electrons. The van der Waals surface area contributed by atoms with E-state index in [9.17, 15) is 4.39 Å². The van der Waals surface area contributed by atoms with Crippen molar-refractivity contribution in [1.82, 2.24) is 0 Å². The third-order valence-electron chi connectivity index (χ3n) is 2.03. The van der Waals surface area contributed by atoms with Crippen LogP contribution in [0.15, 0.2) is 0 Å². The van der Waals surface area contributed by atoms with Crippen molar-refractivity contribution in [2.24, 2.45) is 5.92 Å². The predicted molar refractivity (Wildman–Crippen MR) is 33.9 cm³/mol. The summed E-state index contributed by atoms with van der Waals surface area (Å²) in [6.07, 6.45) is 2.47. The molecule has 0 unspecified atom stereocenters. The third-order valence-corrected chi connectivity index (χ3v) is 2.03. The van der Waals surface area contributed by atoms with E-state index in [4.69, 9.17) is 5.11 Å². The van der Waals surface area contributed by atoms with Crippen LogP contribution in [-0.2, 0) is 0 Å². The summed E-state index contributed by atoms with van der Waals surface area (Å²) in [6.45, 7) is 0.243. The highest BCUT2D eigenvalue weighted by Crippen LogP contribution is 2.25. The smallest absolute Gasteiger partial charge is 0.100 e. The topological polar surface area (TPSA) is 20.2 Å². The average Bonchev–Trinajstić information content (AvgIpc) is 1.90. The molecule has 1 N–H and O–H groups in total. The van der Waals surface area contributed by atoms with Crippen LogP contribution in [0.25, 0.3) is 0 Å². The Hall–Kier alpha value is -0.110. The van der Waals surface area contributed by atoms with Gasteiger partial charge in [0.2, 0.25) is 0 Å². The second kappa shape index (κ2) is 3.16. The summed E-state index contributed by atoms with van der Waals surface area (Å²) in [5.74, 6) is 0.386. The van der Waals surface area contributed by atoms with Gasteiger partial charge in [-0.1, -0.05) is 0 Å². The summed E-state index contributed by atoms with van der Waals surface area (Å²) in [5.41, 5.74) is 0. The van der Waals surface area contributed by atoms with Crippen molar-refractivity contribution in [3.63, 3.8) is 0 Å². The molecule has 0 aromatic rings. The van der Waals surface area contributed by atoms with Gasteiger partial charge in [0.05, 0.1) is 0 Å². The van der Waals surface area contributed by atoms with Gasteiger partial charge in [-0.3, -0.25) is 0 Å². The van der Waals surface area contributed by atoms with Crippen LogP contribution in [-0.4, -0.2) is 17.9 Å². The molecule has 1 fully saturated rings. The maximum Gasteiger partial charge on any atom is 0.100 e. The Labute approximate surface area is 54.9 Å². The zero-order valence-electron chi connectivity index (χ0n) is 5.52. The Kier molecular flexibility index (Phi) is 2.46. The molecule has 0 atom stereocenters. The number of rotatable bonds is 1. The van der Waals surface area contributed by atoms with Crippen molar-refractivity contribution >= 4 is 0 Å². The number of hydrogen-bond acceptors (Lipinski definition) is 1. The van der Waals surface area contributed by atoms with Gasteiger partial charge in [-0.05, 0) is 31.6 Å². The summed E-state index contributed by atoms with van der Waals surface area (Å²) in [4.78, 5) is 0. The van der Waals surface area contributed by atoms with Crippen LogP contribution in [0, 0.1) is 5.92 Å². The van der Waals surface area contributed by atoms with Crippen molar-refractivity contribution < 1.29 is 9.50 Å². The van der Waals surface area contributed by atoms with Crippen LogP contribution in [0.5, 0.6) is 0 Å². The van der Waals surface area contributed by atoms with Crippen LogP contribution in [0.1, 0.15) is 25.7 Å². The molecule has 0 aromatic heterocycles. The quantitative estimate of drug-likeness (QED) is 0.573. The van der Waals surface area contributed by atoms with E-state index in [1.165, 1.54) is 0 Å². The minimum absolute atomic E-state index is 0.243. The molecule has 9 heavy (non-hydrogen) atoms. The number of aliphatic hydroxyl groups is 1. The number of hydrogen-bond donors (Lipinski definition) is 1. The lowest BCUT2D eigenvalue weighted by Crippen LogP contribution is -2.17. The first kappa shape index (κ1) is 7.00. The monoisotopic (exact) mass is 132 g/mol. The fraction of sp³-hybridized carbons (Fsp3) is 1.00. The van der Waals surface area contributed by atoms with E-state index in [1.54, 1.807) is 0 Å². The van der Waals surface area contributed by atoms with Gasteiger partial charge in [0.15, 0.2) is 0 Å². The second-order valence-corrected chi connectivity index (χ2v) is 2.80. The Morgan fingerprint density at radius 2 is 1.78 bits per heavy atom. The predicted octanol–water partition coefficient (Wildman–Crippen LogP) is 1.51. The zero-order chi connectivity index (χ0) is 6.69. The molecule has 1 nitrogen and oxygen atoms in total. The molecule has 0 saturated heterocycles. The summed E-state index contributed by atoms with van der Waals surface area (Å²) in [6, 6.07) is 0. The molecule has 0 amide bonds. The van der Waals surface area contributed by atoms with E-state index in [0.29, 0.717) is 18.8 Å². The molecule has 2 heteroatoms. The Morgan fingerprint density at radius 1 is 1.22 bits per heavy atom. The van der Waals surface area contributed by atoms with Gasteiger partial charge in [0, 0.05) is 6.61 Å². The highest BCUT2D eigenvalue weighted by molar-refractivity contribution is 4.70. The van der Waals surface area contributed by atoms with Gasteiger partial charge in [-0.25, -0.2) is 4.39 Å². The lowest BCUT2D eigenvalue weighted by Gasteiger charge is -2.21. The van der Waals surface area contributed by atoms with Crippen molar-refractivity contribution in [3.8, 4) is 0 Å². The lowest BCUT2D eigenvalue weighted by atomic mass is 9.89. The van der Waals surface area contributed by atoms with E-state index in [1.807, 2.05) is 0 Å². The Balaban J connectivity index is 2.18. The van der Waals surface area contributed by atoms with Gasteiger partial charge in [0.25, 0.3) is 0 Å². The maximum atomic E-state index is 12.4. The number of aliphatic hydroxyl groups excluding tert-OH is 1. The van der Waals surface area contributed by atoms with Gasteiger partial charge >= 0.3 is 0 Å². The summed E-state index contributed by atoms with van der Waals surface area (Å²) in [5, 5.41) is 8.65. The SMILES string of the molecule is OC[C@H]1CC[C@H](F)CC1. The summed E-state index contributed by atoms with van der Waals surface area (Å²) in [7, 11) is 0. The average molecular weight is 132 g/mol. The zero-order valence-corrected chi connectivity index (χ0v) is 5.52. The third kappa shape index (κ3) is 1.94. The Morgan fingerprint density at radius 3 is 2.22 bits per heavy atom. The molecule has 1 aliphatic rings. The van der Waals surface area contributed by atoms with E-state index >= 15 is 0 Å². The van der Waals surface area contributed by atoms with E-state index in [0.717, 1.165) is 12.8 Å². The molecule has 1 aliphatic carbocycles. The van der Waals surface area contributed by atoms with Gasteiger partial charge in [-0.2, -0.15) is 0 Å². The molecule has 1 saturated carbocycles. The summed E-state index contributed by atoms with van der Waals surface area (Å²) < 4.78 is 12.4. The van der Waals surface area contributed by atoms with Crippen molar-refractivity contribution in [2.45, 2.75) is 31.9 Å². The van der Waals surface area contributed by atoms with Crippen LogP contribution in [0.2, 0.25) is 0 Å². The van der Waals surface area contributed by atoms with Crippen LogP contribution in [0.4, 0.5) is 4.39 Å². The summed E-state index contributed by atoms with van der Waals surface area (Å²) >= 11 is 0. The molecule has 0 spiro atoms. The first-order valence-electron chi connectivity index (χ1n) is 3.58. The molecule has 54 valence electrons. The fourth-order valence-corrected chi connectivity index (χ4v) is 1.30. The Bertz CT molecular complexity index is 77.0. The van der Waals surface area contributed by atoms with Gasteiger partial charge < -0.3 is 5.11 Å². The van der Waals surface area contributed by atoms with Crippen LogP contribution < -0.4 is 0 Å². The molecule has 0 bridgehead atoms. The van der Waals surface area contributed by atoms with Crippen molar-refractivity contribution in [3.05, 3.63) is 0 Å². The maximum absolute atomic E-state index is 12.4. The van der Waals surface area contributed by atoms with E-state index < -0.39 is 6.17 Å². The van der Waals surface area contributed by atoms with Gasteiger partial charge in [0.1, 0.15) is 6.17 Å². The molecule has 0 heterocycles. The highest BCUT2D eigenvalue weighted by atomic mass is 19.1. The van der Waals surface area contributed by atoms with Crippen LogP contribution >= 0.6 is 0 Å². The van der Waals surface area contributed by atoms with E-state index in [-0.39, 0.29) is 6.61 Å². The fourth-order valence-electron chi connectivity index (χ4n) is 1.30. The largest absolute Gasteiger partial charge is 0.396 e. The molecule has 0 aliphatic heterocycles. The lowest BCUT2D eigenvalue weighted by molar-refractivity contribution is 0.146. The number of halogens is 1. The minimum atomic E-state index is -0.590. The van der Waals surface area contributed by atoms with Crippen LogP contribution in [0.3, 0.4) is 0 Å². The van der Waals surface area contributed by atoms with Gasteiger partial charge in [-0.15, -0.1) is 0 Å². The first-order valence-corrected chi connectivity index (χ1v) is 3.58. The van der Waals surface area contributed by atoms with E-state index in [2.05, 4.69) is 0 Å². The normalized spacial score (nSPS) is 36.7. The molecular weight excluding hydrogens is 119 g/mol. The van der Waals surface area contributed by atoms with Crippen molar-refractivity contribution in [2.75, 3.05) is 6.61 Å².